The molecule has 0 spiro atoms. The number of hydrogen-bond donors (Lipinski definition) is 3. The second-order valence-corrected chi connectivity index (χ2v) is 7.27. The Kier molecular flexibility index (Phi) is 9.71. The standard InChI is InChI=1S/C24H33N3O3/c1-4-6-7-8-15-30-21-13-11-19(12-14-21)26-24(29)17-25-20-10-9-18(3)22(16-20)27-23(28)5-2/h9-14,16,25H,4-8,15,17H2,1-3H3,(H,26,29)(H,27,28). The van der Waals surface area contributed by atoms with Crippen LogP contribution >= 0.6 is 0 Å². The van der Waals surface area contributed by atoms with Crippen LogP contribution in [0.1, 0.15) is 51.5 Å². The van der Waals surface area contributed by atoms with Gasteiger partial charge in [-0.3, -0.25) is 9.59 Å². The highest BCUT2D eigenvalue weighted by atomic mass is 16.5. The van der Waals surface area contributed by atoms with Crippen LogP contribution < -0.4 is 20.7 Å². The molecule has 0 bridgehead atoms. The molecule has 2 rings (SSSR count). The van der Waals surface area contributed by atoms with Crippen molar-refractivity contribution in [3.63, 3.8) is 0 Å². The Morgan fingerprint density at radius 2 is 1.60 bits per heavy atom. The van der Waals surface area contributed by atoms with Crippen LogP contribution in [0.5, 0.6) is 5.75 Å². The smallest absolute Gasteiger partial charge is 0.243 e. The largest absolute Gasteiger partial charge is 0.494 e. The maximum atomic E-state index is 12.2. The van der Waals surface area contributed by atoms with E-state index in [1.54, 1.807) is 0 Å². The fourth-order valence-corrected chi connectivity index (χ4v) is 2.85. The van der Waals surface area contributed by atoms with Gasteiger partial charge in [-0.2, -0.15) is 0 Å². The van der Waals surface area contributed by atoms with E-state index in [9.17, 15) is 9.59 Å². The van der Waals surface area contributed by atoms with Crippen LogP contribution in [-0.2, 0) is 9.59 Å². The lowest BCUT2D eigenvalue weighted by Crippen LogP contribution is -2.21. The van der Waals surface area contributed by atoms with Gasteiger partial charge in [0.2, 0.25) is 11.8 Å². The van der Waals surface area contributed by atoms with Gasteiger partial charge in [0.15, 0.2) is 0 Å². The first-order valence-corrected chi connectivity index (χ1v) is 10.7. The maximum absolute atomic E-state index is 12.2. The van der Waals surface area contributed by atoms with E-state index in [2.05, 4.69) is 22.9 Å². The summed E-state index contributed by atoms with van der Waals surface area (Å²) in [5.41, 5.74) is 3.21. The zero-order valence-corrected chi connectivity index (χ0v) is 18.2. The average Bonchev–Trinajstić information content (AvgIpc) is 2.75. The molecule has 6 nitrogen and oxygen atoms in total. The van der Waals surface area contributed by atoms with E-state index < -0.39 is 0 Å². The van der Waals surface area contributed by atoms with Crippen LogP contribution in [0.25, 0.3) is 0 Å². The van der Waals surface area contributed by atoms with Crippen molar-refractivity contribution in [1.82, 2.24) is 0 Å². The predicted octanol–water partition coefficient (Wildman–Crippen LogP) is 5.35. The number of benzene rings is 2. The molecular formula is C24H33N3O3. The lowest BCUT2D eigenvalue weighted by molar-refractivity contribution is -0.116. The van der Waals surface area contributed by atoms with Crippen molar-refractivity contribution in [3.8, 4) is 5.75 Å². The number of anilines is 3. The van der Waals surface area contributed by atoms with Crippen molar-refractivity contribution in [2.75, 3.05) is 29.1 Å². The molecule has 0 aliphatic rings. The molecule has 2 amide bonds. The van der Waals surface area contributed by atoms with E-state index in [-0.39, 0.29) is 18.4 Å². The van der Waals surface area contributed by atoms with Crippen LogP contribution in [0.15, 0.2) is 42.5 Å². The number of carbonyl (C=O) groups is 2. The van der Waals surface area contributed by atoms with Crippen molar-refractivity contribution in [2.45, 2.75) is 52.9 Å². The Labute approximate surface area is 179 Å². The zero-order chi connectivity index (χ0) is 21.8. The van der Waals surface area contributed by atoms with Gasteiger partial charge in [0.1, 0.15) is 5.75 Å². The molecule has 0 saturated carbocycles. The summed E-state index contributed by atoms with van der Waals surface area (Å²) in [6.45, 7) is 6.77. The first kappa shape index (κ1) is 23.3. The molecule has 30 heavy (non-hydrogen) atoms. The lowest BCUT2D eigenvalue weighted by Gasteiger charge is -2.12. The number of rotatable bonds is 12. The van der Waals surface area contributed by atoms with Gasteiger partial charge in [0, 0.05) is 23.5 Å². The van der Waals surface area contributed by atoms with Crippen molar-refractivity contribution >= 4 is 28.9 Å². The van der Waals surface area contributed by atoms with Gasteiger partial charge < -0.3 is 20.7 Å². The minimum atomic E-state index is -0.150. The third-order valence-corrected chi connectivity index (χ3v) is 4.69. The second kappa shape index (κ2) is 12.5. The lowest BCUT2D eigenvalue weighted by atomic mass is 10.1. The van der Waals surface area contributed by atoms with Crippen molar-refractivity contribution in [1.29, 1.82) is 0 Å². The normalized spacial score (nSPS) is 10.4. The summed E-state index contributed by atoms with van der Waals surface area (Å²) in [6, 6.07) is 13.0. The molecule has 0 aromatic heterocycles. The van der Waals surface area contributed by atoms with Gasteiger partial charge in [-0.25, -0.2) is 0 Å². The molecule has 0 heterocycles. The molecule has 0 atom stereocenters. The zero-order valence-electron chi connectivity index (χ0n) is 18.2. The van der Waals surface area contributed by atoms with Gasteiger partial charge in [-0.1, -0.05) is 39.2 Å². The quantitative estimate of drug-likeness (QED) is 0.411. The number of ether oxygens (including phenoxy) is 1. The summed E-state index contributed by atoms with van der Waals surface area (Å²) in [5.74, 6) is 0.619. The molecule has 0 unspecified atom stereocenters. The fourth-order valence-electron chi connectivity index (χ4n) is 2.85. The molecule has 6 heteroatoms. The maximum Gasteiger partial charge on any atom is 0.243 e. The molecule has 2 aromatic rings. The first-order valence-electron chi connectivity index (χ1n) is 10.7. The van der Waals surface area contributed by atoms with Gasteiger partial charge in [-0.05, 0) is 55.3 Å². The second-order valence-electron chi connectivity index (χ2n) is 7.27. The van der Waals surface area contributed by atoms with Crippen molar-refractivity contribution in [3.05, 3.63) is 48.0 Å². The molecule has 0 aliphatic heterocycles. The number of carbonyl (C=O) groups excluding carboxylic acids is 2. The van der Waals surface area contributed by atoms with Gasteiger partial charge in [0.05, 0.1) is 13.2 Å². The molecule has 2 aromatic carbocycles. The Balaban J connectivity index is 1.79. The molecule has 0 aliphatic carbocycles. The topological polar surface area (TPSA) is 79.5 Å². The Morgan fingerprint density at radius 1 is 0.867 bits per heavy atom. The molecule has 0 saturated heterocycles. The summed E-state index contributed by atoms with van der Waals surface area (Å²) in [7, 11) is 0. The summed E-state index contributed by atoms with van der Waals surface area (Å²) in [4.78, 5) is 23.9. The predicted molar refractivity (Wildman–Crippen MR) is 123 cm³/mol. The Morgan fingerprint density at radius 3 is 2.30 bits per heavy atom. The molecule has 3 N–H and O–H groups in total. The van der Waals surface area contributed by atoms with E-state index in [4.69, 9.17) is 4.74 Å². The van der Waals surface area contributed by atoms with Crippen LogP contribution in [0, 0.1) is 6.92 Å². The van der Waals surface area contributed by atoms with Gasteiger partial charge in [0.25, 0.3) is 0 Å². The summed E-state index contributed by atoms with van der Waals surface area (Å²) in [5, 5.41) is 8.82. The number of amides is 2. The van der Waals surface area contributed by atoms with Crippen LogP contribution in [0.4, 0.5) is 17.1 Å². The van der Waals surface area contributed by atoms with Gasteiger partial charge in [-0.15, -0.1) is 0 Å². The van der Waals surface area contributed by atoms with Crippen LogP contribution in [-0.4, -0.2) is 25.0 Å². The molecule has 0 radical (unpaired) electrons. The van der Waals surface area contributed by atoms with E-state index in [0.29, 0.717) is 13.0 Å². The third kappa shape index (κ3) is 8.15. The summed E-state index contributed by atoms with van der Waals surface area (Å²) >= 11 is 0. The van der Waals surface area contributed by atoms with Crippen LogP contribution in [0.2, 0.25) is 0 Å². The average molecular weight is 412 g/mol. The van der Waals surface area contributed by atoms with Crippen molar-refractivity contribution < 1.29 is 14.3 Å². The first-order chi connectivity index (χ1) is 14.5. The fraction of sp³-hybridized carbons (Fsp3) is 0.417. The van der Waals surface area contributed by atoms with E-state index >= 15 is 0 Å². The van der Waals surface area contributed by atoms with E-state index in [1.165, 1.54) is 19.3 Å². The minimum absolute atomic E-state index is 0.0404. The van der Waals surface area contributed by atoms with E-state index in [1.807, 2.05) is 56.3 Å². The van der Waals surface area contributed by atoms with Crippen LogP contribution in [0.3, 0.4) is 0 Å². The highest BCUT2D eigenvalue weighted by Crippen LogP contribution is 2.21. The SMILES string of the molecule is CCCCCCOc1ccc(NC(=O)CNc2ccc(C)c(NC(=O)CC)c2)cc1. The number of nitrogens with one attached hydrogen (secondary N) is 3. The number of unbranched alkanes of at least 4 members (excludes halogenated alkanes) is 3. The highest BCUT2D eigenvalue weighted by Gasteiger charge is 2.06. The highest BCUT2D eigenvalue weighted by molar-refractivity contribution is 5.94. The van der Waals surface area contributed by atoms with Crippen molar-refractivity contribution in [2.24, 2.45) is 0 Å². The Hall–Kier alpha value is -3.02. The van der Waals surface area contributed by atoms with E-state index in [0.717, 1.165) is 34.8 Å². The summed E-state index contributed by atoms with van der Waals surface area (Å²) in [6.07, 6.45) is 5.11. The molecule has 162 valence electrons. The Bertz CT molecular complexity index is 819. The van der Waals surface area contributed by atoms with Gasteiger partial charge >= 0.3 is 0 Å². The molecule has 0 fully saturated rings. The number of hydrogen-bond acceptors (Lipinski definition) is 4. The summed E-state index contributed by atoms with van der Waals surface area (Å²) < 4.78 is 5.72. The number of aryl methyl sites for hydroxylation is 1. The monoisotopic (exact) mass is 411 g/mol. The molecular weight excluding hydrogens is 378 g/mol. The minimum Gasteiger partial charge on any atom is -0.494 e. The third-order valence-electron chi connectivity index (χ3n) is 4.69.